The van der Waals surface area contributed by atoms with E-state index in [4.69, 9.17) is 9.47 Å². The number of ether oxygens (including phenoxy) is 2. The average molecular weight is 512 g/mol. The lowest BCUT2D eigenvalue weighted by molar-refractivity contribution is 0.0496. The molecule has 2 aromatic carbocycles. The first kappa shape index (κ1) is 30.2. The van der Waals surface area contributed by atoms with Crippen molar-refractivity contribution in [1.29, 1.82) is 0 Å². The number of rotatable bonds is 16. The quantitative estimate of drug-likeness (QED) is 0.175. The third-order valence-electron chi connectivity index (χ3n) is 6.72. The van der Waals surface area contributed by atoms with Crippen molar-refractivity contribution in [2.45, 2.75) is 97.3 Å². The minimum atomic E-state index is -0.583. The van der Waals surface area contributed by atoms with Gasteiger partial charge < -0.3 is 14.6 Å². The van der Waals surface area contributed by atoms with Gasteiger partial charge in [0.25, 0.3) is 0 Å². The number of nitrogens with one attached hydrogen (secondary N) is 1. The second kappa shape index (κ2) is 16.0. The average Bonchev–Trinajstić information content (AvgIpc) is 2.88. The molecular weight excluding hydrogens is 466 g/mol. The Balaban J connectivity index is 2.12. The van der Waals surface area contributed by atoms with Crippen LogP contribution in [0.1, 0.15) is 113 Å². The zero-order valence-electron chi connectivity index (χ0n) is 23.1. The number of anilines is 1. The summed E-state index contributed by atoms with van der Waals surface area (Å²) in [5, 5.41) is 13.4. The molecule has 0 atom stereocenters. The van der Waals surface area contributed by atoms with Gasteiger partial charge in [0.1, 0.15) is 11.3 Å². The minimum absolute atomic E-state index is 0.0768. The summed E-state index contributed by atoms with van der Waals surface area (Å²) >= 11 is 0. The molecule has 0 aliphatic carbocycles. The lowest BCUT2D eigenvalue weighted by Crippen LogP contribution is -2.24. The first-order chi connectivity index (χ1) is 17.8. The molecule has 0 radical (unpaired) electrons. The Labute approximate surface area is 222 Å². The van der Waals surface area contributed by atoms with E-state index >= 15 is 0 Å². The Hall–Kier alpha value is -3.02. The van der Waals surface area contributed by atoms with E-state index in [0.717, 1.165) is 37.7 Å². The number of hydrogen-bond acceptors (Lipinski definition) is 5. The number of amides is 1. The summed E-state index contributed by atoms with van der Waals surface area (Å²) in [6.45, 7) is 8.88. The standard InChI is InChI=1S/C31H45NO5/c1-5-7-9-10-11-12-13-17-21-37-30(35)32-27-23-28(33)25(29(34)36-20-8-6-2)22-26(27)31(3,4)24-18-15-14-16-19-24/h14-16,18-19,22-23,33H,5-13,17,20-21H2,1-4H3,(H,32,35). The van der Waals surface area contributed by atoms with E-state index in [9.17, 15) is 14.7 Å². The SMILES string of the molecule is CCCCCCCCCCOC(=O)Nc1cc(O)c(C(=O)OCCCC)cc1C(C)(C)c1ccccc1. The van der Waals surface area contributed by atoms with Crippen molar-refractivity contribution >= 4 is 17.7 Å². The first-order valence-corrected chi connectivity index (χ1v) is 13.8. The van der Waals surface area contributed by atoms with E-state index in [0.29, 0.717) is 17.9 Å². The Kier molecular flexibility index (Phi) is 13.0. The van der Waals surface area contributed by atoms with Gasteiger partial charge >= 0.3 is 12.1 Å². The van der Waals surface area contributed by atoms with Gasteiger partial charge in [-0.15, -0.1) is 0 Å². The lowest BCUT2D eigenvalue weighted by Gasteiger charge is -2.29. The number of aromatic hydroxyl groups is 1. The van der Waals surface area contributed by atoms with Crippen LogP contribution in [-0.4, -0.2) is 30.4 Å². The molecule has 2 aromatic rings. The molecule has 0 aromatic heterocycles. The van der Waals surface area contributed by atoms with Gasteiger partial charge in [0.15, 0.2) is 0 Å². The van der Waals surface area contributed by atoms with Gasteiger partial charge in [-0.2, -0.15) is 0 Å². The highest BCUT2D eigenvalue weighted by atomic mass is 16.5. The molecule has 0 aliphatic rings. The number of phenolic OH excluding ortho intramolecular Hbond substituents is 1. The van der Waals surface area contributed by atoms with Crippen molar-refractivity contribution in [2.75, 3.05) is 18.5 Å². The molecule has 6 heteroatoms. The highest BCUT2D eigenvalue weighted by Crippen LogP contribution is 2.39. The summed E-state index contributed by atoms with van der Waals surface area (Å²) in [4.78, 5) is 25.3. The molecule has 1 amide bonds. The Morgan fingerprint density at radius 2 is 1.41 bits per heavy atom. The van der Waals surface area contributed by atoms with Crippen LogP contribution in [0.15, 0.2) is 42.5 Å². The van der Waals surface area contributed by atoms with Gasteiger partial charge in [0, 0.05) is 11.5 Å². The van der Waals surface area contributed by atoms with Crippen molar-refractivity contribution in [1.82, 2.24) is 0 Å². The van der Waals surface area contributed by atoms with E-state index in [1.165, 1.54) is 38.2 Å². The van der Waals surface area contributed by atoms with Crippen molar-refractivity contribution in [3.63, 3.8) is 0 Å². The van der Waals surface area contributed by atoms with Crippen LogP contribution in [0.2, 0.25) is 0 Å². The fraction of sp³-hybridized carbons (Fsp3) is 0.548. The molecule has 2 rings (SSSR count). The van der Waals surface area contributed by atoms with E-state index in [2.05, 4.69) is 12.2 Å². The zero-order valence-corrected chi connectivity index (χ0v) is 23.1. The molecule has 0 heterocycles. The van der Waals surface area contributed by atoms with Crippen molar-refractivity contribution < 1.29 is 24.2 Å². The molecule has 0 saturated heterocycles. The molecule has 0 aliphatic heterocycles. The predicted molar refractivity (Wildman–Crippen MR) is 149 cm³/mol. The molecule has 6 nitrogen and oxygen atoms in total. The third kappa shape index (κ3) is 9.75. The first-order valence-electron chi connectivity index (χ1n) is 13.8. The molecule has 0 fully saturated rings. The van der Waals surface area contributed by atoms with Crippen LogP contribution in [-0.2, 0) is 14.9 Å². The summed E-state index contributed by atoms with van der Waals surface area (Å²) in [7, 11) is 0. The molecule has 0 saturated carbocycles. The second-order valence-corrected chi connectivity index (χ2v) is 10.1. The van der Waals surface area contributed by atoms with Gasteiger partial charge in [0.2, 0.25) is 0 Å². The molecule has 37 heavy (non-hydrogen) atoms. The molecule has 2 N–H and O–H groups in total. The molecule has 0 unspecified atom stereocenters. The van der Waals surface area contributed by atoms with Crippen molar-refractivity contribution in [2.24, 2.45) is 0 Å². The van der Waals surface area contributed by atoms with Crippen LogP contribution in [0.5, 0.6) is 5.75 Å². The fourth-order valence-electron chi connectivity index (χ4n) is 4.32. The topological polar surface area (TPSA) is 84.9 Å². The van der Waals surface area contributed by atoms with Gasteiger partial charge in [-0.3, -0.25) is 5.32 Å². The van der Waals surface area contributed by atoms with Crippen LogP contribution < -0.4 is 5.32 Å². The number of unbranched alkanes of at least 4 members (excludes halogenated alkanes) is 8. The summed E-state index contributed by atoms with van der Waals surface area (Å²) in [6, 6.07) is 12.9. The highest BCUT2D eigenvalue weighted by molar-refractivity contribution is 5.95. The van der Waals surface area contributed by atoms with E-state index in [1.54, 1.807) is 6.07 Å². The highest BCUT2D eigenvalue weighted by Gasteiger charge is 2.29. The van der Waals surface area contributed by atoms with Gasteiger partial charge in [-0.1, -0.05) is 109 Å². The van der Waals surface area contributed by atoms with Crippen LogP contribution in [0.25, 0.3) is 0 Å². The summed E-state index contributed by atoms with van der Waals surface area (Å²) in [5.41, 5.74) is 1.59. The second-order valence-electron chi connectivity index (χ2n) is 10.1. The smallest absolute Gasteiger partial charge is 0.411 e. The monoisotopic (exact) mass is 511 g/mol. The van der Waals surface area contributed by atoms with E-state index < -0.39 is 17.5 Å². The van der Waals surface area contributed by atoms with E-state index in [-0.39, 0.29) is 17.9 Å². The maximum absolute atomic E-state index is 12.7. The lowest BCUT2D eigenvalue weighted by atomic mass is 9.76. The van der Waals surface area contributed by atoms with Gasteiger partial charge in [0.05, 0.1) is 18.9 Å². The van der Waals surface area contributed by atoms with Crippen molar-refractivity contribution in [3.8, 4) is 5.75 Å². The Bertz CT molecular complexity index is 971. The number of hydrogen-bond donors (Lipinski definition) is 2. The molecule has 204 valence electrons. The van der Waals surface area contributed by atoms with E-state index in [1.807, 2.05) is 51.1 Å². The minimum Gasteiger partial charge on any atom is -0.507 e. The third-order valence-corrected chi connectivity index (χ3v) is 6.72. The van der Waals surface area contributed by atoms with Gasteiger partial charge in [-0.25, -0.2) is 9.59 Å². The fourth-order valence-corrected chi connectivity index (χ4v) is 4.32. The number of carbonyl (C=O) groups is 2. The van der Waals surface area contributed by atoms with Crippen LogP contribution >= 0.6 is 0 Å². The molecule has 0 spiro atoms. The Morgan fingerprint density at radius 1 is 0.811 bits per heavy atom. The molecule has 0 bridgehead atoms. The van der Waals surface area contributed by atoms with Crippen LogP contribution in [0.4, 0.5) is 10.5 Å². The van der Waals surface area contributed by atoms with Gasteiger partial charge in [-0.05, 0) is 30.0 Å². The number of carbonyl (C=O) groups excluding carboxylic acids is 2. The van der Waals surface area contributed by atoms with Crippen molar-refractivity contribution in [3.05, 3.63) is 59.2 Å². The number of esters is 1. The largest absolute Gasteiger partial charge is 0.507 e. The Morgan fingerprint density at radius 3 is 2.05 bits per heavy atom. The molecular formula is C31H45NO5. The summed E-state index contributed by atoms with van der Waals surface area (Å²) < 4.78 is 10.8. The maximum atomic E-state index is 12.7. The summed E-state index contributed by atoms with van der Waals surface area (Å²) in [5.74, 6) is -0.827. The number of benzene rings is 2. The van der Waals surface area contributed by atoms with Crippen LogP contribution in [0.3, 0.4) is 0 Å². The predicted octanol–water partition coefficient (Wildman–Crippen LogP) is 8.36. The summed E-state index contributed by atoms with van der Waals surface area (Å²) in [6.07, 6.45) is 10.4. The number of phenols is 1. The maximum Gasteiger partial charge on any atom is 0.411 e. The normalized spacial score (nSPS) is 11.2. The van der Waals surface area contributed by atoms with Crippen LogP contribution in [0, 0.1) is 0 Å². The zero-order chi connectivity index (χ0) is 27.1.